The number of rotatable bonds is 5. The van der Waals surface area contributed by atoms with Gasteiger partial charge in [0.25, 0.3) is 5.91 Å². The summed E-state index contributed by atoms with van der Waals surface area (Å²) in [6, 6.07) is 18.1. The first-order valence-corrected chi connectivity index (χ1v) is 10.2. The van der Waals surface area contributed by atoms with Crippen LogP contribution in [0.15, 0.2) is 54.6 Å². The Morgan fingerprint density at radius 1 is 1.00 bits per heavy atom. The number of carbonyl (C=O) groups is 1. The Morgan fingerprint density at radius 2 is 1.71 bits per heavy atom. The van der Waals surface area contributed by atoms with E-state index in [1.807, 2.05) is 36.4 Å². The lowest BCUT2D eigenvalue weighted by molar-refractivity contribution is -0.126. The van der Waals surface area contributed by atoms with E-state index in [2.05, 4.69) is 28.4 Å². The van der Waals surface area contributed by atoms with Crippen LogP contribution in [-0.2, 0) is 16.1 Å². The largest absolute Gasteiger partial charge is 0.393 e. The SMILES string of the molecule is O=C(Nc1ccccc1CN1CCC(O)CC1)[C@H]1CC[C@@H](c2ccccc2)O1. The van der Waals surface area contributed by atoms with Crippen LogP contribution >= 0.6 is 0 Å². The fourth-order valence-corrected chi connectivity index (χ4v) is 4.05. The van der Waals surface area contributed by atoms with Crippen LogP contribution in [-0.4, -0.2) is 41.2 Å². The molecule has 0 spiro atoms. The minimum atomic E-state index is -0.414. The van der Waals surface area contributed by atoms with Crippen molar-refractivity contribution in [2.75, 3.05) is 18.4 Å². The average Bonchev–Trinajstić information content (AvgIpc) is 3.22. The zero-order chi connectivity index (χ0) is 19.3. The number of anilines is 1. The molecule has 0 aromatic heterocycles. The Labute approximate surface area is 166 Å². The second-order valence-corrected chi connectivity index (χ2v) is 7.76. The summed E-state index contributed by atoms with van der Waals surface area (Å²) < 4.78 is 6.03. The third kappa shape index (κ3) is 4.61. The number of hydrogen-bond donors (Lipinski definition) is 2. The van der Waals surface area contributed by atoms with Gasteiger partial charge < -0.3 is 15.2 Å². The quantitative estimate of drug-likeness (QED) is 0.833. The summed E-state index contributed by atoms with van der Waals surface area (Å²) >= 11 is 0. The summed E-state index contributed by atoms with van der Waals surface area (Å²) in [5.74, 6) is -0.0695. The molecule has 2 N–H and O–H groups in total. The molecule has 1 amide bonds. The summed E-state index contributed by atoms with van der Waals surface area (Å²) in [6.45, 7) is 2.54. The standard InChI is InChI=1S/C23H28N2O3/c26-19-12-14-25(15-13-19)16-18-8-4-5-9-20(18)24-23(27)22-11-10-21(28-22)17-6-2-1-3-7-17/h1-9,19,21-22,26H,10-16H2,(H,24,27)/t21-,22+/m0/s1. The van der Waals surface area contributed by atoms with E-state index in [-0.39, 0.29) is 18.1 Å². The number of ether oxygens (including phenoxy) is 1. The monoisotopic (exact) mass is 380 g/mol. The molecule has 2 atom stereocenters. The maximum Gasteiger partial charge on any atom is 0.253 e. The molecule has 0 unspecified atom stereocenters. The number of nitrogens with zero attached hydrogens (tertiary/aromatic N) is 1. The molecule has 0 saturated carbocycles. The minimum Gasteiger partial charge on any atom is -0.393 e. The van der Waals surface area contributed by atoms with Gasteiger partial charge in [-0.15, -0.1) is 0 Å². The molecule has 2 fully saturated rings. The van der Waals surface area contributed by atoms with Crippen molar-refractivity contribution in [2.24, 2.45) is 0 Å². The van der Waals surface area contributed by atoms with Crippen molar-refractivity contribution in [3.63, 3.8) is 0 Å². The number of carbonyl (C=O) groups excluding carboxylic acids is 1. The maximum absolute atomic E-state index is 12.8. The van der Waals surface area contributed by atoms with E-state index < -0.39 is 6.10 Å². The third-order valence-corrected chi connectivity index (χ3v) is 5.71. The predicted octanol–water partition coefficient (Wildman–Crippen LogP) is 3.50. The number of amides is 1. The zero-order valence-corrected chi connectivity index (χ0v) is 16.1. The van der Waals surface area contributed by atoms with Crippen LogP contribution in [0.4, 0.5) is 5.69 Å². The Bertz CT molecular complexity index is 787. The lowest BCUT2D eigenvalue weighted by Crippen LogP contribution is -2.35. The second kappa shape index (κ2) is 8.86. The molecule has 0 bridgehead atoms. The van der Waals surface area contributed by atoms with Crippen molar-refractivity contribution >= 4 is 11.6 Å². The van der Waals surface area contributed by atoms with Gasteiger partial charge in [0.15, 0.2) is 0 Å². The second-order valence-electron chi connectivity index (χ2n) is 7.76. The molecule has 2 aromatic rings. The van der Waals surface area contributed by atoms with E-state index >= 15 is 0 Å². The number of benzene rings is 2. The van der Waals surface area contributed by atoms with Gasteiger partial charge in [-0.1, -0.05) is 48.5 Å². The van der Waals surface area contributed by atoms with E-state index in [0.29, 0.717) is 0 Å². The fraction of sp³-hybridized carbons (Fsp3) is 0.435. The Morgan fingerprint density at radius 3 is 2.50 bits per heavy atom. The average molecular weight is 380 g/mol. The number of para-hydroxylation sites is 1. The maximum atomic E-state index is 12.8. The zero-order valence-electron chi connectivity index (χ0n) is 16.1. The molecule has 2 aliphatic heterocycles. The summed E-state index contributed by atoms with van der Waals surface area (Å²) in [4.78, 5) is 15.1. The van der Waals surface area contributed by atoms with Crippen molar-refractivity contribution < 1.29 is 14.6 Å². The van der Waals surface area contributed by atoms with Gasteiger partial charge in [0.1, 0.15) is 6.10 Å². The first-order valence-electron chi connectivity index (χ1n) is 10.2. The molecule has 0 aliphatic carbocycles. The molecule has 2 aromatic carbocycles. The molecule has 4 rings (SSSR count). The molecule has 2 aliphatic rings. The van der Waals surface area contributed by atoms with Gasteiger partial charge in [0.2, 0.25) is 0 Å². The highest BCUT2D eigenvalue weighted by atomic mass is 16.5. The fourth-order valence-electron chi connectivity index (χ4n) is 4.05. The molecule has 5 heteroatoms. The van der Waals surface area contributed by atoms with Crippen molar-refractivity contribution in [1.29, 1.82) is 0 Å². The summed E-state index contributed by atoms with van der Waals surface area (Å²) in [5, 5.41) is 12.8. The summed E-state index contributed by atoms with van der Waals surface area (Å²) in [5.41, 5.74) is 3.08. The molecule has 148 valence electrons. The van der Waals surface area contributed by atoms with E-state index in [0.717, 1.165) is 62.1 Å². The van der Waals surface area contributed by atoms with Crippen LogP contribution in [0.25, 0.3) is 0 Å². The highest BCUT2D eigenvalue weighted by Gasteiger charge is 2.31. The number of nitrogens with one attached hydrogen (secondary N) is 1. The highest BCUT2D eigenvalue weighted by Crippen LogP contribution is 2.33. The Balaban J connectivity index is 1.37. The Kier molecular flexibility index (Phi) is 6.05. The van der Waals surface area contributed by atoms with E-state index in [1.54, 1.807) is 0 Å². The number of hydrogen-bond acceptors (Lipinski definition) is 4. The van der Waals surface area contributed by atoms with Crippen molar-refractivity contribution in [2.45, 2.75) is 50.5 Å². The van der Waals surface area contributed by atoms with Crippen LogP contribution in [0.2, 0.25) is 0 Å². The van der Waals surface area contributed by atoms with E-state index in [1.165, 1.54) is 0 Å². The molecular weight excluding hydrogens is 352 g/mol. The summed E-state index contributed by atoms with van der Waals surface area (Å²) in [7, 11) is 0. The molecule has 28 heavy (non-hydrogen) atoms. The van der Waals surface area contributed by atoms with Crippen molar-refractivity contribution in [1.82, 2.24) is 4.90 Å². The first-order chi connectivity index (χ1) is 13.7. The molecular formula is C23H28N2O3. The number of aliphatic hydroxyl groups is 1. The Hall–Kier alpha value is -2.21. The molecule has 0 radical (unpaired) electrons. The van der Waals surface area contributed by atoms with Gasteiger partial charge in [-0.25, -0.2) is 0 Å². The van der Waals surface area contributed by atoms with E-state index in [4.69, 9.17) is 4.74 Å². The van der Waals surface area contributed by atoms with Crippen LogP contribution < -0.4 is 5.32 Å². The van der Waals surface area contributed by atoms with Crippen molar-refractivity contribution in [3.05, 3.63) is 65.7 Å². The lowest BCUT2D eigenvalue weighted by Gasteiger charge is -2.30. The molecule has 2 heterocycles. The van der Waals surface area contributed by atoms with Gasteiger partial charge in [-0.05, 0) is 42.9 Å². The topological polar surface area (TPSA) is 61.8 Å². The number of likely N-dealkylation sites (tertiary alicyclic amines) is 1. The predicted molar refractivity (Wildman–Crippen MR) is 109 cm³/mol. The van der Waals surface area contributed by atoms with Crippen LogP contribution in [0.3, 0.4) is 0 Å². The number of piperidine rings is 1. The minimum absolute atomic E-state index is 0.00743. The molecule has 2 saturated heterocycles. The van der Waals surface area contributed by atoms with Crippen LogP contribution in [0.5, 0.6) is 0 Å². The van der Waals surface area contributed by atoms with Gasteiger partial charge in [-0.2, -0.15) is 0 Å². The number of aliphatic hydroxyl groups excluding tert-OH is 1. The van der Waals surface area contributed by atoms with Crippen molar-refractivity contribution in [3.8, 4) is 0 Å². The lowest BCUT2D eigenvalue weighted by atomic mass is 10.1. The van der Waals surface area contributed by atoms with E-state index in [9.17, 15) is 9.90 Å². The summed E-state index contributed by atoms with van der Waals surface area (Å²) in [6.07, 6.45) is 2.62. The van der Waals surface area contributed by atoms with Gasteiger partial charge in [0.05, 0.1) is 12.2 Å². The van der Waals surface area contributed by atoms with Gasteiger partial charge in [0, 0.05) is 25.3 Å². The smallest absolute Gasteiger partial charge is 0.253 e. The third-order valence-electron chi connectivity index (χ3n) is 5.71. The van der Waals surface area contributed by atoms with Gasteiger partial charge in [-0.3, -0.25) is 9.69 Å². The normalized spacial score (nSPS) is 23.6. The van der Waals surface area contributed by atoms with Crippen LogP contribution in [0, 0.1) is 0 Å². The van der Waals surface area contributed by atoms with Crippen LogP contribution in [0.1, 0.15) is 42.9 Å². The first kappa shape index (κ1) is 19.1. The molecule has 5 nitrogen and oxygen atoms in total. The van der Waals surface area contributed by atoms with Gasteiger partial charge >= 0.3 is 0 Å². The highest BCUT2D eigenvalue weighted by molar-refractivity contribution is 5.95.